The number of carbonyl (C=O) groups excluding carboxylic acids is 4. The number of aromatic nitrogens is 1. The number of fused-ring (bicyclic) bond motifs is 3. The maximum atomic E-state index is 14.5. The summed E-state index contributed by atoms with van der Waals surface area (Å²) in [6, 6.07) is 2.75. The number of rotatable bonds is 9. The summed E-state index contributed by atoms with van der Waals surface area (Å²) < 4.78 is 46.2. The summed E-state index contributed by atoms with van der Waals surface area (Å²) in [5.41, 5.74) is -0.995. The van der Waals surface area contributed by atoms with Crippen LogP contribution < -0.4 is 29.6 Å². The maximum absolute atomic E-state index is 14.5. The lowest BCUT2D eigenvalue weighted by Crippen LogP contribution is -2.59. The van der Waals surface area contributed by atoms with Crippen molar-refractivity contribution in [2.24, 2.45) is 5.92 Å². The van der Waals surface area contributed by atoms with Crippen LogP contribution in [0.1, 0.15) is 78.6 Å². The van der Waals surface area contributed by atoms with Gasteiger partial charge in [-0.3, -0.25) is 19.1 Å². The molecule has 1 saturated heterocycles. The Hall–Kier alpha value is -4.12. The number of halogens is 1. The number of carbonyl (C=O) groups is 4. The van der Waals surface area contributed by atoms with E-state index in [1.54, 1.807) is 46.3 Å². The van der Waals surface area contributed by atoms with Gasteiger partial charge in [0.05, 0.1) is 34.5 Å². The van der Waals surface area contributed by atoms with E-state index in [1.807, 2.05) is 26.0 Å². The summed E-state index contributed by atoms with van der Waals surface area (Å²) in [6.45, 7) is 5.33. The van der Waals surface area contributed by atoms with Gasteiger partial charge in [0.15, 0.2) is 0 Å². The van der Waals surface area contributed by atoms with Crippen LogP contribution in [0.2, 0.25) is 0 Å². The predicted octanol–water partition coefficient (Wildman–Crippen LogP) is 4.17. The molecule has 3 fully saturated rings. The molecule has 6 rings (SSSR count). The highest BCUT2D eigenvalue weighted by molar-refractivity contribution is 9.10. The Kier molecular flexibility index (Phi) is 11.6. The van der Waals surface area contributed by atoms with Crippen LogP contribution in [0.25, 0.3) is 10.9 Å². The summed E-state index contributed by atoms with van der Waals surface area (Å²) in [4.78, 5) is 63.2. The lowest BCUT2D eigenvalue weighted by Gasteiger charge is -2.30. The average molecular weight is 848 g/mol. The number of sulfonamides is 1. The van der Waals surface area contributed by atoms with E-state index >= 15 is 0 Å². The standard InChI is InChI=1S/C38H51BrN6O9S/c1-22(2)53-30-19-29(25-14-15-28(52-6)31(39)32(25)41-30)54-24-18-27-33(46)42-38(35(48)43-55(50,51)37(3)16-17-37)20-23(38)12-10-8-7-9-11-13-26(34(47)45(27)21-24)40-36(49)44(4)5/h10,12,14-15,19,22-24,26-27H,7-9,11,13,16-18,20-21H2,1-6H3,(H,40,49)(H,42,46)(H,43,48)/b12-10-/t23-,24-,26+,27+,38-/m1/s1. The van der Waals surface area contributed by atoms with Gasteiger partial charge in [-0.05, 0) is 87.4 Å². The van der Waals surface area contributed by atoms with Crippen molar-refractivity contribution in [1.29, 1.82) is 0 Å². The van der Waals surface area contributed by atoms with E-state index in [-0.39, 0.29) is 25.5 Å². The van der Waals surface area contributed by atoms with Crippen LogP contribution in [-0.2, 0) is 24.4 Å². The van der Waals surface area contributed by atoms with Gasteiger partial charge >= 0.3 is 6.03 Å². The first-order chi connectivity index (χ1) is 26.0. The molecule has 55 heavy (non-hydrogen) atoms. The molecule has 5 amide bonds. The van der Waals surface area contributed by atoms with Crippen LogP contribution in [0.4, 0.5) is 4.79 Å². The van der Waals surface area contributed by atoms with Crippen molar-refractivity contribution in [3.8, 4) is 17.4 Å². The molecule has 2 aliphatic heterocycles. The second-order valence-electron chi connectivity index (χ2n) is 15.7. The van der Waals surface area contributed by atoms with E-state index in [2.05, 4.69) is 36.3 Å². The minimum absolute atomic E-state index is 0.0119. The number of hydrogen-bond donors (Lipinski definition) is 3. The van der Waals surface area contributed by atoms with Crippen LogP contribution in [-0.4, -0.2) is 109 Å². The Morgan fingerprint density at radius 2 is 1.87 bits per heavy atom. The second kappa shape index (κ2) is 15.8. The van der Waals surface area contributed by atoms with Gasteiger partial charge in [-0.15, -0.1) is 0 Å². The topological polar surface area (TPSA) is 186 Å². The van der Waals surface area contributed by atoms with Crippen LogP contribution in [0, 0.1) is 5.92 Å². The van der Waals surface area contributed by atoms with Gasteiger partial charge in [0.2, 0.25) is 27.7 Å². The maximum Gasteiger partial charge on any atom is 0.317 e. The number of pyridine rings is 1. The quantitative estimate of drug-likeness (QED) is 0.310. The minimum Gasteiger partial charge on any atom is -0.495 e. The number of benzene rings is 1. The zero-order valence-electron chi connectivity index (χ0n) is 32.1. The van der Waals surface area contributed by atoms with Gasteiger partial charge in [0, 0.05) is 37.9 Å². The monoisotopic (exact) mass is 846 g/mol. The molecule has 0 bridgehead atoms. The smallest absolute Gasteiger partial charge is 0.317 e. The highest BCUT2D eigenvalue weighted by atomic mass is 79.9. The summed E-state index contributed by atoms with van der Waals surface area (Å²) >= 11 is 3.59. The van der Waals surface area contributed by atoms with Crippen molar-refractivity contribution < 1.29 is 41.8 Å². The molecular formula is C38H51BrN6O9S. The molecule has 5 atom stereocenters. The zero-order chi connectivity index (χ0) is 39.9. The van der Waals surface area contributed by atoms with Crippen LogP contribution in [0.15, 0.2) is 34.8 Å². The first kappa shape index (κ1) is 40.5. The van der Waals surface area contributed by atoms with E-state index in [1.165, 1.54) is 9.80 Å². The van der Waals surface area contributed by atoms with E-state index in [9.17, 15) is 27.6 Å². The van der Waals surface area contributed by atoms with Gasteiger partial charge in [-0.1, -0.05) is 25.0 Å². The molecular weight excluding hydrogens is 796 g/mol. The fraction of sp³-hybridized carbons (Fsp3) is 0.605. The third kappa shape index (κ3) is 8.52. The second-order valence-corrected chi connectivity index (χ2v) is 18.7. The van der Waals surface area contributed by atoms with Gasteiger partial charge in [0.1, 0.15) is 35.2 Å². The predicted molar refractivity (Wildman–Crippen MR) is 208 cm³/mol. The number of allylic oxidation sites excluding steroid dienone is 1. The SMILES string of the molecule is COc1ccc2c(O[C@@H]3C[C@H]4C(=O)N[C@]5(C(=O)NS(=O)(=O)C6(C)CC6)C[C@H]5/C=C\CCCCC[C@H](NC(=O)N(C)C)C(=O)N4C3)cc(OC(C)C)nc2c1Br. The number of methoxy groups -OCH3 is 1. The number of nitrogens with zero attached hydrogens (tertiary/aromatic N) is 3. The Balaban J connectivity index is 1.35. The van der Waals surface area contributed by atoms with Crippen molar-refractivity contribution >= 4 is 60.6 Å². The summed E-state index contributed by atoms with van der Waals surface area (Å²) in [6.07, 6.45) is 7.32. The lowest BCUT2D eigenvalue weighted by atomic mass is 10.0. The van der Waals surface area contributed by atoms with Crippen LogP contribution in [0.3, 0.4) is 0 Å². The van der Waals surface area contributed by atoms with Crippen molar-refractivity contribution in [2.75, 3.05) is 27.7 Å². The number of hydrogen-bond acceptors (Lipinski definition) is 10. The molecule has 2 aliphatic carbocycles. The van der Waals surface area contributed by atoms with Crippen LogP contribution in [0.5, 0.6) is 17.4 Å². The Morgan fingerprint density at radius 1 is 1.13 bits per heavy atom. The van der Waals surface area contributed by atoms with Gasteiger partial charge in [0.25, 0.3) is 5.91 Å². The Labute approximate surface area is 330 Å². The molecule has 2 aromatic rings. The Morgan fingerprint density at radius 3 is 2.55 bits per heavy atom. The molecule has 4 aliphatic rings. The minimum atomic E-state index is -3.99. The molecule has 1 aromatic heterocycles. The van der Waals surface area contributed by atoms with Crippen molar-refractivity contribution in [3.63, 3.8) is 0 Å². The molecule has 15 nitrogen and oxygen atoms in total. The molecule has 2 saturated carbocycles. The zero-order valence-corrected chi connectivity index (χ0v) is 34.5. The number of amides is 5. The molecule has 0 unspecified atom stereocenters. The molecule has 0 spiro atoms. The molecule has 1 aromatic carbocycles. The van der Waals surface area contributed by atoms with Crippen molar-refractivity contribution in [3.05, 3.63) is 34.8 Å². The van der Waals surface area contributed by atoms with E-state index < -0.39 is 68.2 Å². The molecule has 17 heteroatoms. The van der Waals surface area contributed by atoms with Crippen molar-refractivity contribution in [1.82, 2.24) is 30.1 Å². The molecule has 3 heterocycles. The summed E-state index contributed by atoms with van der Waals surface area (Å²) in [5, 5.41) is 6.38. The fourth-order valence-corrected chi connectivity index (χ4v) is 9.06. The largest absolute Gasteiger partial charge is 0.495 e. The third-order valence-corrected chi connectivity index (χ3v) is 13.8. The first-order valence-corrected chi connectivity index (χ1v) is 21.1. The van der Waals surface area contributed by atoms with Gasteiger partial charge < -0.3 is 34.6 Å². The highest BCUT2D eigenvalue weighted by Gasteiger charge is 2.63. The van der Waals surface area contributed by atoms with Crippen LogP contribution >= 0.6 is 15.9 Å². The van der Waals surface area contributed by atoms with Crippen molar-refractivity contribution in [2.45, 2.75) is 113 Å². The van der Waals surface area contributed by atoms with E-state index in [0.717, 1.165) is 12.8 Å². The fourth-order valence-electron chi connectivity index (χ4n) is 7.15. The van der Waals surface area contributed by atoms with E-state index in [4.69, 9.17) is 14.2 Å². The summed E-state index contributed by atoms with van der Waals surface area (Å²) in [5.74, 6) is -1.05. The molecule has 0 radical (unpaired) electrons. The number of ether oxygens (including phenoxy) is 3. The highest BCUT2D eigenvalue weighted by Crippen LogP contribution is 2.48. The summed E-state index contributed by atoms with van der Waals surface area (Å²) in [7, 11) is 0.722. The Bertz CT molecular complexity index is 1990. The number of urea groups is 1. The number of nitrogens with one attached hydrogen (secondary N) is 3. The normalized spacial score (nSPS) is 27.1. The lowest BCUT2D eigenvalue weighted by molar-refractivity contribution is -0.141. The van der Waals surface area contributed by atoms with E-state index in [0.29, 0.717) is 64.9 Å². The molecule has 3 N–H and O–H groups in total. The molecule has 300 valence electrons. The first-order valence-electron chi connectivity index (χ1n) is 18.8. The van der Waals surface area contributed by atoms with Gasteiger partial charge in [-0.25, -0.2) is 18.2 Å². The average Bonchev–Trinajstić information content (AvgIpc) is 4.00. The third-order valence-electron chi connectivity index (χ3n) is 10.9. The van der Waals surface area contributed by atoms with Gasteiger partial charge in [-0.2, -0.15) is 0 Å².